The molecule has 1 aliphatic heterocycles. The molecule has 3 heterocycles. The molecule has 2 fully saturated rings. The third-order valence-electron chi connectivity index (χ3n) is 5.58. The van der Waals surface area contributed by atoms with E-state index in [0.717, 1.165) is 65.2 Å². The molecule has 0 atom stereocenters. The van der Waals surface area contributed by atoms with Gasteiger partial charge in [-0.3, -0.25) is 0 Å². The number of benzene rings is 1. The Labute approximate surface area is 173 Å². The van der Waals surface area contributed by atoms with Crippen LogP contribution in [0.1, 0.15) is 36.6 Å². The molecule has 0 amide bonds. The molecule has 2 aromatic heterocycles. The summed E-state index contributed by atoms with van der Waals surface area (Å²) in [6.45, 7) is 2.97. The minimum Gasteiger partial charge on any atom is -0.354 e. The number of aromatic nitrogens is 3. The molecule has 2 N–H and O–H groups in total. The van der Waals surface area contributed by atoms with Gasteiger partial charge in [0.05, 0.1) is 21.3 Å². The van der Waals surface area contributed by atoms with E-state index in [4.69, 9.17) is 9.97 Å². The van der Waals surface area contributed by atoms with Crippen LogP contribution in [-0.4, -0.2) is 34.6 Å². The van der Waals surface area contributed by atoms with E-state index in [1.165, 1.54) is 25.0 Å². The second-order valence-electron chi connectivity index (χ2n) is 7.85. The van der Waals surface area contributed by atoms with Crippen molar-refractivity contribution in [3.05, 3.63) is 47.4 Å². The Balaban J connectivity index is 1.52. The molecule has 0 spiro atoms. The Morgan fingerprint density at radius 1 is 1.03 bits per heavy atom. The molecule has 1 aromatic carbocycles. The number of nitrogens with one attached hydrogen (secondary N) is 2. The Kier molecular flexibility index (Phi) is 5.24. The molecule has 7 heteroatoms. The molecule has 3 aromatic rings. The van der Waals surface area contributed by atoms with Crippen LogP contribution in [0.25, 0.3) is 21.8 Å². The lowest BCUT2D eigenvalue weighted by Crippen LogP contribution is -2.26. The third kappa shape index (κ3) is 4.31. The Hall–Kier alpha value is -2.38. The van der Waals surface area contributed by atoms with Crippen molar-refractivity contribution in [1.29, 1.82) is 0 Å². The fraction of sp³-hybridized carbons (Fsp3) is 0.409. The van der Waals surface area contributed by atoms with Crippen LogP contribution >= 0.6 is 11.3 Å². The molecule has 0 radical (unpaired) electrons. The maximum Gasteiger partial charge on any atom is 0.223 e. The second kappa shape index (κ2) is 8.16. The lowest BCUT2D eigenvalue weighted by Gasteiger charge is -2.20. The zero-order valence-corrected chi connectivity index (χ0v) is 17.0. The third-order valence-corrected chi connectivity index (χ3v) is 6.82. The molecular formula is C22H24FN5S. The number of anilines is 1. The molecule has 5 rings (SSSR count). The first-order chi connectivity index (χ1) is 14.3. The van der Waals surface area contributed by atoms with Crippen LogP contribution in [-0.2, 0) is 0 Å². The van der Waals surface area contributed by atoms with Crippen LogP contribution in [0, 0.1) is 11.7 Å². The van der Waals surface area contributed by atoms with Gasteiger partial charge in [0.1, 0.15) is 5.82 Å². The second-order valence-corrected chi connectivity index (χ2v) is 8.88. The van der Waals surface area contributed by atoms with Crippen LogP contribution in [0.3, 0.4) is 0 Å². The monoisotopic (exact) mass is 409 g/mol. The van der Waals surface area contributed by atoms with Crippen LogP contribution in [0.4, 0.5) is 10.3 Å². The molecule has 5 nitrogen and oxygen atoms in total. The van der Waals surface area contributed by atoms with Crippen molar-refractivity contribution in [3.63, 3.8) is 0 Å². The number of halogens is 1. The van der Waals surface area contributed by atoms with Crippen molar-refractivity contribution in [2.75, 3.05) is 25.0 Å². The molecule has 150 valence electrons. The molecule has 0 unspecified atom stereocenters. The van der Waals surface area contributed by atoms with Crippen LogP contribution < -0.4 is 10.6 Å². The van der Waals surface area contributed by atoms with E-state index in [0.29, 0.717) is 11.9 Å². The van der Waals surface area contributed by atoms with Gasteiger partial charge >= 0.3 is 0 Å². The molecule has 1 aliphatic carbocycles. The number of rotatable bonds is 6. The summed E-state index contributed by atoms with van der Waals surface area (Å²) in [6, 6.07) is 8.52. The van der Waals surface area contributed by atoms with E-state index >= 15 is 0 Å². The first-order valence-corrected chi connectivity index (χ1v) is 11.1. The summed E-state index contributed by atoms with van der Waals surface area (Å²) >= 11 is 1.71. The van der Waals surface area contributed by atoms with Gasteiger partial charge in [-0.15, -0.1) is 11.3 Å². The van der Waals surface area contributed by atoms with E-state index in [1.54, 1.807) is 29.7 Å². The van der Waals surface area contributed by atoms with E-state index < -0.39 is 0 Å². The molecule has 1 saturated carbocycles. The van der Waals surface area contributed by atoms with Crippen molar-refractivity contribution in [2.45, 2.75) is 31.6 Å². The Bertz CT molecular complexity index is 977. The number of hydrogen-bond acceptors (Lipinski definition) is 6. The summed E-state index contributed by atoms with van der Waals surface area (Å²) in [5.41, 5.74) is 2.68. The number of piperidine rings is 1. The molecule has 0 bridgehead atoms. The van der Waals surface area contributed by atoms with E-state index in [1.807, 2.05) is 6.07 Å². The normalized spacial score (nSPS) is 17.4. The number of hydrogen-bond donors (Lipinski definition) is 2. The highest BCUT2D eigenvalue weighted by molar-refractivity contribution is 7.15. The zero-order valence-electron chi connectivity index (χ0n) is 16.2. The van der Waals surface area contributed by atoms with Gasteiger partial charge in [-0.1, -0.05) is 0 Å². The topological polar surface area (TPSA) is 62.7 Å². The minimum atomic E-state index is -0.238. The zero-order chi connectivity index (χ0) is 19.6. The van der Waals surface area contributed by atoms with Gasteiger partial charge in [0.2, 0.25) is 5.95 Å². The van der Waals surface area contributed by atoms with E-state index in [9.17, 15) is 4.39 Å². The predicted molar refractivity (Wildman–Crippen MR) is 115 cm³/mol. The Morgan fingerprint density at radius 3 is 2.59 bits per heavy atom. The maximum atomic E-state index is 13.5. The fourth-order valence-electron chi connectivity index (χ4n) is 3.69. The summed E-state index contributed by atoms with van der Waals surface area (Å²) in [5.74, 6) is 1.64. The summed E-state index contributed by atoms with van der Waals surface area (Å²) in [5, 5.41) is 7.92. The highest BCUT2D eigenvalue weighted by Gasteiger charge is 2.24. The standard InChI is InChI=1S/C22H24FN5S/c23-17-5-3-15(4-6-17)19-20(29-21(28-19)16-7-10-24-11-8-16)18-9-12-25-22(27-18)26-13-14-1-2-14/h3-6,9,12,14,16,24H,1-2,7-8,10-11,13H2,(H,25,26,27). The first-order valence-electron chi connectivity index (χ1n) is 10.3. The van der Waals surface area contributed by atoms with Gasteiger partial charge in [0.25, 0.3) is 0 Å². The summed E-state index contributed by atoms with van der Waals surface area (Å²) in [6.07, 6.45) is 6.56. The summed E-state index contributed by atoms with van der Waals surface area (Å²) in [7, 11) is 0. The van der Waals surface area contributed by atoms with Gasteiger partial charge in [0.15, 0.2) is 0 Å². The van der Waals surface area contributed by atoms with Gasteiger partial charge in [-0.2, -0.15) is 0 Å². The highest BCUT2D eigenvalue weighted by Crippen LogP contribution is 2.40. The van der Waals surface area contributed by atoms with Gasteiger partial charge < -0.3 is 10.6 Å². The number of nitrogens with zero attached hydrogens (tertiary/aromatic N) is 3. The maximum absolute atomic E-state index is 13.5. The minimum absolute atomic E-state index is 0.238. The van der Waals surface area contributed by atoms with Crippen molar-refractivity contribution in [2.24, 2.45) is 5.92 Å². The first kappa shape index (κ1) is 18.6. The average molecular weight is 410 g/mol. The van der Waals surface area contributed by atoms with Crippen LogP contribution in [0.5, 0.6) is 0 Å². The van der Waals surface area contributed by atoms with Crippen molar-refractivity contribution < 1.29 is 4.39 Å². The van der Waals surface area contributed by atoms with Crippen molar-refractivity contribution >= 4 is 17.3 Å². The number of thiazole rings is 1. The molecule has 2 aliphatic rings. The average Bonchev–Trinajstić information content (AvgIpc) is 3.50. The summed E-state index contributed by atoms with van der Waals surface area (Å²) in [4.78, 5) is 15.2. The lowest BCUT2D eigenvalue weighted by molar-refractivity contribution is 0.459. The van der Waals surface area contributed by atoms with Gasteiger partial charge in [-0.05, 0) is 75.0 Å². The SMILES string of the molecule is Fc1ccc(-c2nc(C3CCNCC3)sc2-c2ccnc(NCC3CC3)n2)cc1. The molecular weight excluding hydrogens is 385 g/mol. The molecule has 29 heavy (non-hydrogen) atoms. The smallest absolute Gasteiger partial charge is 0.223 e. The lowest BCUT2D eigenvalue weighted by atomic mass is 9.99. The highest BCUT2D eigenvalue weighted by atomic mass is 32.1. The van der Waals surface area contributed by atoms with E-state index in [2.05, 4.69) is 15.6 Å². The van der Waals surface area contributed by atoms with Crippen molar-refractivity contribution in [3.8, 4) is 21.8 Å². The van der Waals surface area contributed by atoms with Crippen LogP contribution in [0.2, 0.25) is 0 Å². The Morgan fingerprint density at radius 2 is 1.83 bits per heavy atom. The van der Waals surface area contributed by atoms with Gasteiger partial charge in [-0.25, -0.2) is 19.3 Å². The largest absolute Gasteiger partial charge is 0.354 e. The predicted octanol–water partition coefficient (Wildman–Crippen LogP) is 4.70. The summed E-state index contributed by atoms with van der Waals surface area (Å²) < 4.78 is 13.5. The van der Waals surface area contributed by atoms with Crippen molar-refractivity contribution in [1.82, 2.24) is 20.3 Å². The van der Waals surface area contributed by atoms with E-state index in [-0.39, 0.29) is 5.82 Å². The van der Waals surface area contributed by atoms with Gasteiger partial charge in [0, 0.05) is 24.2 Å². The fourth-order valence-corrected chi connectivity index (χ4v) is 4.91. The van der Waals surface area contributed by atoms with Crippen LogP contribution in [0.15, 0.2) is 36.5 Å². The molecule has 1 saturated heterocycles. The quantitative estimate of drug-likeness (QED) is 0.618.